The molecule has 0 fully saturated rings. The Balaban J connectivity index is 2.19. The Kier molecular flexibility index (Phi) is 4.85. The van der Waals surface area contributed by atoms with Crippen molar-refractivity contribution in [3.8, 4) is 0 Å². The maximum atomic E-state index is 5.65. The average Bonchev–Trinajstić information content (AvgIpc) is 2.46. The third kappa shape index (κ3) is 3.50. The van der Waals surface area contributed by atoms with Crippen LogP contribution in [-0.2, 0) is 11.2 Å². The molecule has 2 atom stereocenters. The molecule has 4 nitrogen and oxygen atoms in total. The van der Waals surface area contributed by atoms with Gasteiger partial charge in [-0.15, -0.1) is 0 Å². The summed E-state index contributed by atoms with van der Waals surface area (Å²) in [6.45, 7) is 2.05. The maximum absolute atomic E-state index is 5.65. The molecule has 2 unspecified atom stereocenters. The van der Waals surface area contributed by atoms with Gasteiger partial charge in [0.05, 0.1) is 11.6 Å². The summed E-state index contributed by atoms with van der Waals surface area (Å²) in [7, 11) is 1.72. The van der Waals surface area contributed by atoms with Crippen LogP contribution in [0.3, 0.4) is 0 Å². The molecule has 0 amide bonds. The van der Waals surface area contributed by atoms with Crippen molar-refractivity contribution in [3.63, 3.8) is 0 Å². The van der Waals surface area contributed by atoms with E-state index in [4.69, 9.17) is 10.6 Å². The summed E-state index contributed by atoms with van der Waals surface area (Å²) in [5, 5.41) is 1.19. The number of fused-ring (bicyclic) bond motifs is 1. The van der Waals surface area contributed by atoms with Crippen molar-refractivity contribution in [1.29, 1.82) is 0 Å². The molecular formula is C15H21N3O. The van der Waals surface area contributed by atoms with Gasteiger partial charge in [0.2, 0.25) is 0 Å². The van der Waals surface area contributed by atoms with Crippen LogP contribution in [0.5, 0.6) is 0 Å². The second kappa shape index (κ2) is 6.61. The first-order chi connectivity index (χ1) is 9.24. The first kappa shape index (κ1) is 13.9. The minimum absolute atomic E-state index is 0.189. The number of pyridine rings is 1. The van der Waals surface area contributed by atoms with Crippen molar-refractivity contribution >= 4 is 10.9 Å². The molecule has 3 N–H and O–H groups in total. The van der Waals surface area contributed by atoms with Gasteiger partial charge in [-0.2, -0.15) is 0 Å². The fraction of sp³-hybridized carbons (Fsp3) is 0.400. The molecule has 1 aromatic heterocycles. The second-order valence-corrected chi connectivity index (χ2v) is 4.84. The lowest BCUT2D eigenvalue weighted by molar-refractivity contribution is 0.100. The number of hydrazine groups is 1. The smallest absolute Gasteiger partial charge is 0.0704 e. The predicted molar refractivity (Wildman–Crippen MR) is 77.6 cm³/mol. The highest BCUT2D eigenvalue weighted by atomic mass is 16.5. The van der Waals surface area contributed by atoms with Crippen molar-refractivity contribution in [2.45, 2.75) is 31.9 Å². The molecule has 0 saturated carbocycles. The molecule has 0 radical (unpaired) electrons. The molecule has 1 heterocycles. The van der Waals surface area contributed by atoms with Gasteiger partial charge in [-0.1, -0.05) is 18.2 Å². The first-order valence-corrected chi connectivity index (χ1v) is 6.56. The Labute approximate surface area is 113 Å². The van der Waals surface area contributed by atoms with Gasteiger partial charge in [-0.05, 0) is 37.5 Å². The summed E-state index contributed by atoms with van der Waals surface area (Å²) in [5.41, 5.74) is 5.16. The number of nitrogens with one attached hydrogen (secondary N) is 1. The molecule has 0 bridgehead atoms. The number of nitrogens with zero attached hydrogens (tertiary/aromatic N) is 1. The summed E-state index contributed by atoms with van der Waals surface area (Å²) < 4.78 is 5.30. The standard InChI is InChI=1S/C15H21N3O/c1-11(19-2)9-13(18-16)10-12-7-8-17-15-6-4-3-5-14(12)15/h3-8,11,13,18H,9-10,16H2,1-2H3. The van der Waals surface area contributed by atoms with Gasteiger partial charge in [0.25, 0.3) is 0 Å². The van der Waals surface area contributed by atoms with E-state index in [1.807, 2.05) is 24.4 Å². The Morgan fingerprint density at radius 2 is 2.11 bits per heavy atom. The normalized spacial score (nSPS) is 14.5. The van der Waals surface area contributed by atoms with E-state index < -0.39 is 0 Å². The molecule has 19 heavy (non-hydrogen) atoms. The average molecular weight is 259 g/mol. The number of methoxy groups -OCH3 is 1. The number of rotatable bonds is 6. The van der Waals surface area contributed by atoms with Crippen molar-refractivity contribution in [1.82, 2.24) is 10.4 Å². The van der Waals surface area contributed by atoms with Gasteiger partial charge in [0.15, 0.2) is 0 Å². The Morgan fingerprint density at radius 1 is 1.32 bits per heavy atom. The third-order valence-electron chi connectivity index (χ3n) is 3.46. The van der Waals surface area contributed by atoms with Crippen LogP contribution in [0, 0.1) is 0 Å². The van der Waals surface area contributed by atoms with E-state index in [0.717, 1.165) is 18.4 Å². The lowest BCUT2D eigenvalue weighted by Gasteiger charge is -2.20. The Bertz CT molecular complexity index is 524. The number of aromatic nitrogens is 1. The van der Waals surface area contributed by atoms with Crippen LogP contribution in [0.2, 0.25) is 0 Å². The van der Waals surface area contributed by atoms with Gasteiger partial charge >= 0.3 is 0 Å². The molecule has 0 spiro atoms. The van der Waals surface area contributed by atoms with E-state index in [0.29, 0.717) is 0 Å². The van der Waals surface area contributed by atoms with Gasteiger partial charge in [-0.3, -0.25) is 16.3 Å². The molecule has 0 aliphatic heterocycles. The van der Waals surface area contributed by atoms with E-state index in [9.17, 15) is 0 Å². The van der Waals surface area contributed by atoms with E-state index in [1.54, 1.807) is 7.11 Å². The molecule has 2 rings (SSSR count). The lowest BCUT2D eigenvalue weighted by Crippen LogP contribution is -2.39. The van der Waals surface area contributed by atoms with E-state index in [1.165, 1.54) is 10.9 Å². The molecule has 102 valence electrons. The van der Waals surface area contributed by atoms with Crippen LogP contribution in [0.25, 0.3) is 10.9 Å². The minimum atomic E-state index is 0.189. The molecule has 0 saturated heterocycles. The van der Waals surface area contributed by atoms with E-state index >= 15 is 0 Å². The zero-order valence-corrected chi connectivity index (χ0v) is 11.5. The number of hydrogen-bond acceptors (Lipinski definition) is 4. The minimum Gasteiger partial charge on any atom is -0.382 e. The summed E-state index contributed by atoms with van der Waals surface area (Å²) in [5.74, 6) is 5.65. The summed E-state index contributed by atoms with van der Waals surface area (Å²) in [6.07, 6.45) is 3.79. The van der Waals surface area contributed by atoms with E-state index in [-0.39, 0.29) is 12.1 Å². The van der Waals surface area contributed by atoms with Crippen LogP contribution in [0.4, 0.5) is 0 Å². The van der Waals surface area contributed by atoms with Crippen LogP contribution in [-0.4, -0.2) is 24.2 Å². The number of ether oxygens (including phenoxy) is 1. The Morgan fingerprint density at radius 3 is 2.84 bits per heavy atom. The fourth-order valence-corrected chi connectivity index (χ4v) is 2.31. The van der Waals surface area contributed by atoms with Crippen molar-refractivity contribution in [2.75, 3.05) is 7.11 Å². The molecule has 0 aliphatic carbocycles. The summed E-state index contributed by atoms with van der Waals surface area (Å²) in [6, 6.07) is 10.4. The molecular weight excluding hydrogens is 238 g/mol. The predicted octanol–water partition coefficient (Wildman–Crippen LogP) is 2.03. The van der Waals surface area contributed by atoms with Crippen molar-refractivity contribution in [2.24, 2.45) is 5.84 Å². The monoisotopic (exact) mass is 259 g/mol. The Hall–Kier alpha value is -1.49. The second-order valence-electron chi connectivity index (χ2n) is 4.84. The zero-order chi connectivity index (χ0) is 13.7. The van der Waals surface area contributed by atoms with Crippen molar-refractivity contribution in [3.05, 3.63) is 42.1 Å². The molecule has 4 heteroatoms. The van der Waals surface area contributed by atoms with Crippen LogP contribution in [0.15, 0.2) is 36.5 Å². The maximum Gasteiger partial charge on any atom is 0.0704 e. The van der Waals surface area contributed by atoms with Crippen LogP contribution in [0.1, 0.15) is 18.9 Å². The summed E-state index contributed by atoms with van der Waals surface area (Å²) >= 11 is 0. The number of para-hydroxylation sites is 1. The SMILES string of the molecule is COC(C)CC(Cc1ccnc2ccccc12)NN. The first-order valence-electron chi connectivity index (χ1n) is 6.56. The molecule has 1 aromatic carbocycles. The van der Waals surface area contributed by atoms with Gasteiger partial charge in [0.1, 0.15) is 0 Å². The summed E-state index contributed by atoms with van der Waals surface area (Å²) in [4.78, 5) is 4.38. The van der Waals surface area contributed by atoms with Crippen LogP contribution >= 0.6 is 0 Å². The number of hydrogen-bond donors (Lipinski definition) is 2. The third-order valence-corrected chi connectivity index (χ3v) is 3.46. The highest BCUT2D eigenvalue weighted by molar-refractivity contribution is 5.81. The fourth-order valence-electron chi connectivity index (χ4n) is 2.31. The topological polar surface area (TPSA) is 60.2 Å². The number of nitrogens with two attached hydrogens (primary N) is 1. The zero-order valence-electron chi connectivity index (χ0n) is 11.5. The van der Waals surface area contributed by atoms with Crippen LogP contribution < -0.4 is 11.3 Å². The quantitative estimate of drug-likeness (QED) is 0.615. The lowest BCUT2D eigenvalue weighted by atomic mass is 9.99. The van der Waals surface area contributed by atoms with Crippen molar-refractivity contribution < 1.29 is 4.74 Å². The van der Waals surface area contributed by atoms with Gasteiger partial charge in [0, 0.05) is 24.7 Å². The highest BCUT2D eigenvalue weighted by Gasteiger charge is 2.13. The molecule has 2 aromatic rings. The van der Waals surface area contributed by atoms with Gasteiger partial charge in [-0.25, -0.2) is 0 Å². The van der Waals surface area contributed by atoms with Gasteiger partial charge < -0.3 is 4.74 Å². The van der Waals surface area contributed by atoms with E-state index in [2.05, 4.69) is 29.5 Å². The molecule has 0 aliphatic rings. The largest absolute Gasteiger partial charge is 0.382 e. The highest BCUT2D eigenvalue weighted by Crippen LogP contribution is 2.18. The number of benzene rings is 1.